The highest BCUT2D eigenvalue weighted by Gasteiger charge is 2.34. The molecule has 0 fully saturated rings. The average molecular weight is 764 g/mol. The first-order valence-electron chi connectivity index (χ1n) is 15.7. The van der Waals surface area contributed by atoms with Crippen LogP contribution in [0.1, 0.15) is 24.8 Å². The number of benzene rings is 3. The zero-order chi connectivity index (χ0) is 36.3. The summed E-state index contributed by atoms with van der Waals surface area (Å²) in [7, 11) is 0. The van der Waals surface area contributed by atoms with Crippen LogP contribution in [0.15, 0.2) is 102 Å². The van der Waals surface area contributed by atoms with Crippen LogP contribution in [-0.4, -0.2) is 43.9 Å². The van der Waals surface area contributed by atoms with Gasteiger partial charge in [0.1, 0.15) is 0 Å². The number of anilines is 2. The fraction of sp³-hybridized carbons (Fsp3) is 0.189. The van der Waals surface area contributed by atoms with Gasteiger partial charge in [0.25, 0.3) is 0 Å². The van der Waals surface area contributed by atoms with E-state index in [1.807, 2.05) is 84.3 Å². The molecule has 0 aliphatic heterocycles. The minimum Gasteiger partial charge on any atom is -0.481 e. The lowest BCUT2D eigenvalue weighted by Gasteiger charge is -2.23. The van der Waals surface area contributed by atoms with Gasteiger partial charge in [0.15, 0.2) is 10.3 Å². The predicted octanol–water partition coefficient (Wildman–Crippen LogP) is 8.80. The molecule has 2 amide bonds. The third-order valence-electron chi connectivity index (χ3n) is 7.97. The van der Waals surface area contributed by atoms with Crippen LogP contribution >= 0.6 is 45.9 Å². The summed E-state index contributed by atoms with van der Waals surface area (Å²) in [6, 6.07) is 24.0. The van der Waals surface area contributed by atoms with Gasteiger partial charge >= 0.3 is 11.9 Å². The number of hydrogen-bond donors (Lipinski definition) is 4. The van der Waals surface area contributed by atoms with E-state index in [4.69, 9.17) is 28.3 Å². The number of carboxylic acid groups (broad SMARTS) is 2. The molecule has 14 heteroatoms. The second-order valence-electron chi connectivity index (χ2n) is 11.5. The molecule has 0 saturated carbocycles. The first kappa shape index (κ1) is 37.4. The van der Waals surface area contributed by atoms with Crippen LogP contribution < -0.4 is 10.6 Å². The van der Waals surface area contributed by atoms with Crippen LogP contribution in [0.25, 0.3) is 22.5 Å². The number of nitrogens with zero attached hydrogens (tertiary/aromatic N) is 2. The number of halogens is 2. The Hall–Kier alpha value is -4.88. The maximum absolute atomic E-state index is 12.6. The summed E-state index contributed by atoms with van der Waals surface area (Å²) in [6.45, 7) is 0. The Morgan fingerprint density at radius 3 is 1.76 bits per heavy atom. The Bertz CT molecular complexity index is 2030. The van der Waals surface area contributed by atoms with Crippen molar-refractivity contribution in [3.8, 4) is 22.5 Å². The summed E-state index contributed by atoms with van der Waals surface area (Å²) in [4.78, 5) is 56.3. The number of amides is 2. The summed E-state index contributed by atoms with van der Waals surface area (Å²) >= 11 is 14.9. The Kier molecular flexibility index (Phi) is 13.1. The van der Waals surface area contributed by atoms with Crippen molar-refractivity contribution in [1.29, 1.82) is 0 Å². The van der Waals surface area contributed by atoms with Gasteiger partial charge in [-0.2, -0.15) is 0 Å². The van der Waals surface area contributed by atoms with Crippen molar-refractivity contribution in [2.24, 2.45) is 17.8 Å². The molecule has 4 N–H and O–H groups in total. The minimum atomic E-state index is -1.01. The first-order chi connectivity index (χ1) is 24.6. The van der Waals surface area contributed by atoms with E-state index < -0.39 is 29.7 Å². The van der Waals surface area contributed by atoms with E-state index in [0.29, 0.717) is 51.0 Å². The fourth-order valence-corrected chi connectivity index (χ4v) is 7.29. The summed E-state index contributed by atoms with van der Waals surface area (Å²) in [6.07, 6.45) is 4.55. The molecule has 2 unspecified atom stereocenters. The Labute approximate surface area is 311 Å². The number of aliphatic carboxylic acids is 2. The van der Waals surface area contributed by atoms with Gasteiger partial charge in [-0.3, -0.25) is 19.2 Å². The smallest absolute Gasteiger partial charge is 0.307 e. The van der Waals surface area contributed by atoms with Crippen LogP contribution in [0.5, 0.6) is 0 Å². The third kappa shape index (κ3) is 10.3. The second kappa shape index (κ2) is 17.9. The molecule has 3 atom stereocenters. The van der Waals surface area contributed by atoms with Crippen molar-refractivity contribution in [3.63, 3.8) is 0 Å². The number of carbonyl (C=O) groups excluding carboxylic acids is 2. The van der Waals surface area contributed by atoms with Crippen molar-refractivity contribution >= 4 is 79.9 Å². The minimum absolute atomic E-state index is 0.247. The van der Waals surface area contributed by atoms with Gasteiger partial charge in [0, 0.05) is 31.9 Å². The quantitative estimate of drug-likeness (QED) is 0.0972. The fourth-order valence-electron chi connectivity index (χ4n) is 5.40. The molecule has 10 nitrogen and oxygen atoms in total. The number of nitrogens with one attached hydrogen (secondary N) is 2. The van der Waals surface area contributed by atoms with Crippen LogP contribution in [0.3, 0.4) is 0 Å². The summed E-state index contributed by atoms with van der Waals surface area (Å²) in [5, 5.41) is 29.5. The van der Waals surface area contributed by atoms with E-state index >= 15 is 0 Å². The molecule has 2 aromatic heterocycles. The van der Waals surface area contributed by atoms with Crippen molar-refractivity contribution in [1.82, 2.24) is 9.97 Å². The standard InChI is InChI=1S/C20H17ClN2O3S.C17H15ClN2O3S/c21-16-9-5-4-8-15(16)17-12-27-20(22-17)23-19(26)14(11-18(24)25)10-13-6-2-1-3-7-13;18-13-8-4-3-7-12(13)14-9-24-17(19-14)20-15(21)10-5-1-2-6-11(10)16(22)23/h1-9,12,14H,10-11H2,(H,24,25)(H,22,23,26);1-4,7-11H,5-6H2,(H,22,23)(H,19,20,21)/t14-;/m1./s1. The van der Waals surface area contributed by atoms with Crippen molar-refractivity contribution in [3.05, 3.63) is 117 Å². The Morgan fingerprint density at radius 2 is 1.24 bits per heavy atom. The molecule has 0 spiro atoms. The molecule has 0 radical (unpaired) electrons. The highest BCUT2D eigenvalue weighted by Crippen LogP contribution is 2.33. The highest BCUT2D eigenvalue weighted by molar-refractivity contribution is 7.14. The van der Waals surface area contributed by atoms with Gasteiger partial charge in [0.05, 0.1) is 35.6 Å². The zero-order valence-corrected chi connectivity index (χ0v) is 30.0. The molecule has 3 aromatic carbocycles. The largest absolute Gasteiger partial charge is 0.481 e. The van der Waals surface area contributed by atoms with E-state index in [1.165, 1.54) is 22.7 Å². The molecule has 0 bridgehead atoms. The molecule has 0 saturated heterocycles. The average Bonchev–Trinajstić information content (AvgIpc) is 3.79. The lowest BCUT2D eigenvalue weighted by molar-refractivity contribution is -0.146. The number of allylic oxidation sites excluding steroid dienone is 2. The summed E-state index contributed by atoms with van der Waals surface area (Å²) in [5.74, 6) is -4.60. The Morgan fingerprint density at radius 1 is 0.725 bits per heavy atom. The zero-order valence-electron chi connectivity index (χ0n) is 26.9. The summed E-state index contributed by atoms with van der Waals surface area (Å²) < 4.78 is 0. The van der Waals surface area contributed by atoms with Crippen molar-refractivity contribution in [2.75, 3.05) is 10.6 Å². The lowest BCUT2D eigenvalue weighted by atomic mass is 9.82. The number of hydrogen-bond acceptors (Lipinski definition) is 8. The maximum atomic E-state index is 12.6. The van der Waals surface area contributed by atoms with Crippen LogP contribution in [0, 0.1) is 17.8 Å². The van der Waals surface area contributed by atoms with Gasteiger partial charge in [-0.25, -0.2) is 9.97 Å². The van der Waals surface area contributed by atoms with Crippen LogP contribution in [0.4, 0.5) is 10.3 Å². The molecule has 51 heavy (non-hydrogen) atoms. The molecule has 1 aliphatic rings. The lowest BCUT2D eigenvalue weighted by Crippen LogP contribution is -2.34. The van der Waals surface area contributed by atoms with Gasteiger partial charge in [-0.15, -0.1) is 22.7 Å². The molecule has 262 valence electrons. The molecular weight excluding hydrogens is 731 g/mol. The van der Waals surface area contributed by atoms with E-state index in [9.17, 15) is 24.3 Å². The van der Waals surface area contributed by atoms with Crippen molar-refractivity contribution in [2.45, 2.75) is 25.7 Å². The molecule has 2 heterocycles. The SMILES string of the molecule is O=C(O)C1CC=CCC1C(=O)Nc1nc(-c2ccccc2Cl)cs1.O=C(O)C[C@@H](Cc1ccccc1)C(=O)Nc1nc(-c2ccccc2Cl)cs1. The van der Waals surface area contributed by atoms with Gasteiger partial charge in [0.2, 0.25) is 11.8 Å². The monoisotopic (exact) mass is 762 g/mol. The van der Waals surface area contributed by atoms with Crippen LogP contribution in [-0.2, 0) is 25.6 Å². The van der Waals surface area contributed by atoms with Crippen molar-refractivity contribution < 1.29 is 29.4 Å². The number of carboxylic acids is 2. The highest BCUT2D eigenvalue weighted by atomic mass is 35.5. The second-order valence-corrected chi connectivity index (χ2v) is 14.0. The van der Waals surface area contributed by atoms with Crippen LogP contribution in [0.2, 0.25) is 10.0 Å². The molecule has 5 aromatic rings. The van der Waals surface area contributed by atoms with Gasteiger partial charge < -0.3 is 20.8 Å². The first-order valence-corrected chi connectivity index (χ1v) is 18.3. The van der Waals surface area contributed by atoms with E-state index in [0.717, 1.165) is 16.7 Å². The van der Waals surface area contributed by atoms with E-state index in [1.54, 1.807) is 17.5 Å². The molecular formula is C37H32Cl2N4O6S2. The number of thiazole rings is 2. The molecule has 6 rings (SSSR count). The number of carbonyl (C=O) groups is 4. The third-order valence-corrected chi connectivity index (χ3v) is 10.1. The Balaban J connectivity index is 0.000000199. The number of aromatic nitrogens is 2. The normalized spacial score (nSPS) is 15.6. The maximum Gasteiger partial charge on any atom is 0.307 e. The topological polar surface area (TPSA) is 159 Å². The predicted molar refractivity (Wildman–Crippen MR) is 201 cm³/mol. The number of rotatable bonds is 11. The van der Waals surface area contributed by atoms with Gasteiger partial charge in [-0.1, -0.05) is 102 Å². The summed E-state index contributed by atoms with van der Waals surface area (Å²) in [5.41, 5.74) is 3.83. The molecule has 1 aliphatic carbocycles. The van der Waals surface area contributed by atoms with Gasteiger partial charge in [-0.05, 0) is 37.0 Å². The van der Waals surface area contributed by atoms with E-state index in [-0.39, 0.29) is 18.2 Å². The van der Waals surface area contributed by atoms with E-state index in [2.05, 4.69) is 20.6 Å².